The van der Waals surface area contributed by atoms with E-state index in [2.05, 4.69) is 10.3 Å². The summed E-state index contributed by atoms with van der Waals surface area (Å²) >= 11 is 6.38. The summed E-state index contributed by atoms with van der Waals surface area (Å²) in [5, 5.41) is 3.70. The minimum absolute atomic E-state index is 0.200. The van der Waals surface area contributed by atoms with Gasteiger partial charge in [-0.25, -0.2) is 4.39 Å². The van der Waals surface area contributed by atoms with Crippen molar-refractivity contribution in [2.24, 2.45) is 0 Å². The summed E-state index contributed by atoms with van der Waals surface area (Å²) in [5.74, 6) is -1.08. The van der Waals surface area contributed by atoms with Gasteiger partial charge in [0.2, 0.25) is 5.91 Å². The lowest BCUT2D eigenvalue weighted by molar-refractivity contribution is -0.126. The Labute approximate surface area is 175 Å². The predicted molar refractivity (Wildman–Crippen MR) is 117 cm³/mol. The number of thiocarbonyl (C=S) groups is 1. The van der Waals surface area contributed by atoms with Gasteiger partial charge < -0.3 is 5.32 Å². The number of para-hydroxylation sites is 1. The molecule has 0 saturated carbocycles. The average molecular weight is 423 g/mol. The van der Waals surface area contributed by atoms with Crippen LogP contribution in [-0.4, -0.2) is 32.6 Å². The third-order valence-electron chi connectivity index (χ3n) is 4.25. The number of halogens is 1. The maximum Gasteiger partial charge on any atom is 0.266 e. The van der Waals surface area contributed by atoms with Crippen molar-refractivity contribution in [3.63, 3.8) is 0 Å². The van der Waals surface area contributed by atoms with E-state index in [1.807, 2.05) is 24.3 Å². The molecule has 0 bridgehead atoms. The number of benzene rings is 2. The largest absolute Gasteiger partial charge is 0.323 e. The number of fused-ring (bicyclic) bond motifs is 1. The van der Waals surface area contributed by atoms with Crippen LogP contribution < -0.4 is 5.32 Å². The molecule has 0 unspecified atom stereocenters. The summed E-state index contributed by atoms with van der Waals surface area (Å²) in [7, 11) is 0. The van der Waals surface area contributed by atoms with E-state index in [1.165, 1.54) is 17.0 Å². The van der Waals surface area contributed by atoms with Gasteiger partial charge in [0, 0.05) is 11.6 Å². The molecule has 144 valence electrons. The standard InChI is InChI=1S/C21H14FN3O2S2/c22-15-8-6-13(7-9-15)11-17-20(27)25(21(28)29-17)12-18(26)24-16-5-1-3-14-4-2-10-23-19(14)16/h1-11H,12H2,(H,24,26)/b17-11-. The van der Waals surface area contributed by atoms with Crippen LogP contribution in [-0.2, 0) is 9.59 Å². The van der Waals surface area contributed by atoms with Gasteiger partial charge >= 0.3 is 0 Å². The molecule has 1 aliphatic heterocycles. The second-order valence-corrected chi connectivity index (χ2v) is 7.92. The third kappa shape index (κ3) is 4.18. The maximum atomic E-state index is 13.1. The number of pyridine rings is 1. The predicted octanol–water partition coefficient (Wildman–Crippen LogP) is 4.21. The van der Waals surface area contributed by atoms with Crippen LogP contribution in [0, 0.1) is 5.82 Å². The van der Waals surface area contributed by atoms with Crippen molar-refractivity contribution in [3.05, 3.63) is 77.1 Å². The van der Waals surface area contributed by atoms with E-state index in [0.29, 0.717) is 26.0 Å². The van der Waals surface area contributed by atoms with Crippen LogP contribution in [0.15, 0.2) is 65.7 Å². The van der Waals surface area contributed by atoms with Gasteiger partial charge in [-0.2, -0.15) is 0 Å². The molecule has 5 nitrogen and oxygen atoms in total. The van der Waals surface area contributed by atoms with E-state index in [1.54, 1.807) is 30.5 Å². The van der Waals surface area contributed by atoms with Crippen LogP contribution in [0.4, 0.5) is 10.1 Å². The fraction of sp³-hybridized carbons (Fsp3) is 0.0476. The van der Waals surface area contributed by atoms with Crippen molar-refractivity contribution >= 4 is 62.8 Å². The highest BCUT2D eigenvalue weighted by atomic mass is 32.2. The minimum Gasteiger partial charge on any atom is -0.323 e. The molecule has 0 aliphatic carbocycles. The molecule has 4 rings (SSSR count). The lowest BCUT2D eigenvalue weighted by Gasteiger charge is -2.14. The molecule has 1 aromatic heterocycles. The SMILES string of the molecule is O=C(CN1C(=O)/C(=C/c2ccc(F)cc2)SC1=S)Nc1cccc2cccnc12. The van der Waals surface area contributed by atoms with Crippen LogP contribution in [0.25, 0.3) is 17.0 Å². The number of rotatable bonds is 4. The van der Waals surface area contributed by atoms with Gasteiger partial charge in [-0.05, 0) is 35.9 Å². The highest BCUT2D eigenvalue weighted by Gasteiger charge is 2.33. The van der Waals surface area contributed by atoms with E-state index in [0.717, 1.165) is 17.1 Å². The summed E-state index contributed by atoms with van der Waals surface area (Å²) in [4.78, 5) is 31.2. The Morgan fingerprint density at radius 2 is 1.93 bits per heavy atom. The van der Waals surface area contributed by atoms with Gasteiger partial charge in [0.25, 0.3) is 5.91 Å². The zero-order valence-corrected chi connectivity index (χ0v) is 16.6. The number of nitrogens with zero attached hydrogens (tertiary/aromatic N) is 2. The molecule has 1 aliphatic rings. The first-order valence-electron chi connectivity index (χ1n) is 8.66. The van der Waals surface area contributed by atoms with Crippen LogP contribution >= 0.6 is 24.0 Å². The molecular formula is C21H14FN3O2S2. The quantitative estimate of drug-likeness (QED) is 0.503. The topological polar surface area (TPSA) is 62.3 Å². The number of amides is 2. The van der Waals surface area contributed by atoms with Gasteiger partial charge in [0.15, 0.2) is 0 Å². The molecule has 3 aromatic rings. The van der Waals surface area contributed by atoms with E-state index >= 15 is 0 Å². The highest BCUT2D eigenvalue weighted by Crippen LogP contribution is 2.32. The molecule has 0 spiro atoms. The summed E-state index contributed by atoms with van der Waals surface area (Å²) in [5.41, 5.74) is 1.92. The minimum atomic E-state index is -0.373. The first-order chi connectivity index (χ1) is 14.0. The lowest BCUT2D eigenvalue weighted by atomic mass is 10.2. The number of nitrogens with one attached hydrogen (secondary N) is 1. The molecule has 1 saturated heterocycles. The fourth-order valence-corrected chi connectivity index (χ4v) is 4.14. The van der Waals surface area contributed by atoms with Crippen molar-refractivity contribution in [3.8, 4) is 0 Å². The van der Waals surface area contributed by atoms with Crippen molar-refractivity contribution in [1.29, 1.82) is 0 Å². The normalized spacial score (nSPS) is 15.3. The second kappa shape index (κ2) is 8.10. The zero-order chi connectivity index (χ0) is 20.4. The molecule has 2 heterocycles. The Balaban J connectivity index is 1.48. The van der Waals surface area contributed by atoms with E-state index in [9.17, 15) is 14.0 Å². The maximum absolute atomic E-state index is 13.1. The molecular weight excluding hydrogens is 409 g/mol. The number of anilines is 1. The molecule has 8 heteroatoms. The Bertz CT molecular complexity index is 1160. The first kappa shape index (κ1) is 19.2. The van der Waals surface area contributed by atoms with Crippen LogP contribution in [0.2, 0.25) is 0 Å². The number of carbonyl (C=O) groups excluding carboxylic acids is 2. The average Bonchev–Trinajstić information content (AvgIpc) is 2.97. The molecule has 2 amide bonds. The first-order valence-corrected chi connectivity index (χ1v) is 9.88. The van der Waals surface area contributed by atoms with E-state index in [-0.39, 0.29) is 24.2 Å². The smallest absolute Gasteiger partial charge is 0.266 e. The highest BCUT2D eigenvalue weighted by molar-refractivity contribution is 8.26. The van der Waals surface area contributed by atoms with Crippen molar-refractivity contribution in [2.45, 2.75) is 0 Å². The molecule has 1 fully saturated rings. The second-order valence-electron chi connectivity index (χ2n) is 6.25. The Morgan fingerprint density at radius 3 is 2.72 bits per heavy atom. The van der Waals surface area contributed by atoms with E-state index in [4.69, 9.17) is 12.2 Å². The van der Waals surface area contributed by atoms with E-state index < -0.39 is 0 Å². The van der Waals surface area contributed by atoms with Gasteiger partial charge in [-0.15, -0.1) is 0 Å². The monoisotopic (exact) mass is 423 g/mol. The molecule has 0 radical (unpaired) electrons. The van der Waals surface area contributed by atoms with Gasteiger partial charge in [0.1, 0.15) is 16.7 Å². The van der Waals surface area contributed by atoms with Crippen LogP contribution in [0.3, 0.4) is 0 Å². The number of carbonyl (C=O) groups is 2. The van der Waals surface area contributed by atoms with Crippen LogP contribution in [0.5, 0.6) is 0 Å². The Morgan fingerprint density at radius 1 is 1.17 bits per heavy atom. The lowest BCUT2D eigenvalue weighted by Crippen LogP contribution is -2.36. The van der Waals surface area contributed by atoms with Gasteiger partial charge in [-0.1, -0.05) is 54.3 Å². The number of hydrogen-bond acceptors (Lipinski definition) is 5. The molecule has 2 aromatic carbocycles. The van der Waals surface area contributed by atoms with Crippen molar-refractivity contribution < 1.29 is 14.0 Å². The summed E-state index contributed by atoms with van der Waals surface area (Å²) in [6, 6.07) is 15.0. The summed E-state index contributed by atoms with van der Waals surface area (Å²) in [6.45, 7) is -0.200. The number of aromatic nitrogens is 1. The van der Waals surface area contributed by atoms with Gasteiger partial charge in [0.05, 0.1) is 16.1 Å². The Hall–Kier alpha value is -3.10. The molecule has 1 N–H and O–H groups in total. The van der Waals surface area contributed by atoms with Crippen LogP contribution in [0.1, 0.15) is 5.56 Å². The zero-order valence-electron chi connectivity index (χ0n) is 15.0. The molecule has 0 atom stereocenters. The fourth-order valence-electron chi connectivity index (χ4n) is 2.89. The third-order valence-corrected chi connectivity index (χ3v) is 5.63. The summed E-state index contributed by atoms with van der Waals surface area (Å²) < 4.78 is 13.4. The van der Waals surface area contributed by atoms with Crippen molar-refractivity contribution in [1.82, 2.24) is 9.88 Å². The number of hydrogen-bond donors (Lipinski definition) is 1. The van der Waals surface area contributed by atoms with Crippen molar-refractivity contribution in [2.75, 3.05) is 11.9 Å². The summed E-state index contributed by atoms with van der Waals surface area (Å²) in [6.07, 6.45) is 3.28. The Kier molecular flexibility index (Phi) is 5.37. The number of thioether (sulfide) groups is 1. The molecule has 29 heavy (non-hydrogen) atoms. The van der Waals surface area contributed by atoms with Gasteiger partial charge in [-0.3, -0.25) is 19.5 Å².